The predicted octanol–water partition coefficient (Wildman–Crippen LogP) is 1.80. The van der Waals surface area contributed by atoms with Gasteiger partial charge < -0.3 is 14.6 Å². The number of phenolic OH excluding ortho intramolecular Hbond substituents is 1. The maximum Gasteiger partial charge on any atom is 0.339 e. The Balaban J connectivity index is 1.85. The normalized spacial score (nSPS) is 10.6. The number of pyridine rings is 1. The molecule has 0 atom stereocenters. The van der Waals surface area contributed by atoms with E-state index in [1.54, 1.807) is 40.9 Å². The van der Waals surface area contributed by atoms with Crippen LogP contribution in [0.5, 0.6) is 11.5 Å². The second-order valence-electron chi connectivity index (χ2n) is 4.54. The highest BCUT2D eigenvalue weighted by molar-refractivity contribution is 5.89. The standard InChI is InChI=1S/C15H13N3O4/c1-21-15(20)10-5-6-13-16-17-14(18(13)8-10)9-22-12-4-2-3-11(19)7-12/h2-8,19H,9H2,1H3. The Morgan fingerprint density at radius 1 is 1.27 bits per heavy atom. The summed E-state index contributed by atoms with van der Waals surface area (Å²) in [6.07, 6.45) is 1.60. The van der Waals surface area contributed by atoms with E-state index in [1.165, 1.54) is 13.2 Å². The summed E-state index contributed by atoms with van der Waals surface area (Å²) < 4.78 is 11.9. The molecule has 112 valence electrons. The van der Waals surface area contributed by atoms with Gasteiger partial charge in [-0.05, 0) is 24.3 Å². The smallest absolute Gasteiger partial charge is 0.339 e. The van der Waals surface area contributed by atoms with Crippen molar-refractivity contribution in [2.45, 2.75) is 6.61 Å². The molecule has 0 fully saturated rings. The third-order valence-corrected chi connectivity index (χ3v) is 3.08. The van der Waals surface area contributed by atoms with E-state index in [2.05, 4.69) is 10.2 Å². The van der Waals surface area contributed by atoms with Gasteiger partial charge in [-0.1, -0.05) is 6.07 Å². The lowest BCUT2D eigenvalue weighted by Gasteiger charge is -2.06. The highest BCUT2D eigenvalue weighted by Crippen LogP contribution is 2.19. The minimum absolute atomic E-state index is 0.122. The Hall–Kier alpha value is -3.09. The van der Waals surface area contributed by atoms with Gasteiger partial charge in [-0.25, -0.2) is 4.79 Å². The van der Waals surface area contributed by atoms with Crippen LogP contribution < -0.4 is 4.74 Å². The average Bonchev–Trinajstić information content (AvgIpc) is 2.94. The number of aromatic hydroxyl groups is 1. The van der Waals surface area contributed by atoms with Crippen LogP contribution >= 0.6 is 0 Å². The number of aromatic nitrogens is 3. The first-order chi connectivity index (χ1) is 10.7. The molecule has 0 aliphatic carbocycles. The average molecular weight is 299 g/mol. The van der Waals surface area contributed by atoms with E-state index in [0.717, 1.165) is 0 Å². The largest absolute Gasteiger partial charge is 0.508 e. The van der Waals surface area contributed by atoms with Crippen LogP contribution in [-0.2, 0) is 11.3 Å². The lowest BCUT2D eigenvalue weighted by molar-refractivity contribution is 0.0600. The number of carbonyl (C=O) groups excluding carboxylic acids is 1. The summed E-state index contributed by atoms with van der Waals surface area (Å²) in [7, 11) is 1.32. The van der Waals surface area contributed by atoms with Gasteiger partial charge in [0.25, 0.3) is 0 Å². The summed E-state index contributed by atoms with van der Waals surface area (Å²) >= 11 is 0. The summed E-state index contributed by atoms with van der Waals surface area (Å²) in [6.45, 7) is 0.148. The second-order valence-corrected chi connectivity index (χ2v) is 4.54. The number of rotatable bonds is 4. The number of ether oxygens (including phenoxy) is 2. The summed E-state index contributed by atoms with van der Waals surface area (Å²) in [5.74, 6) is 0.733. The van der Waals surface area contributed by atoms with Gasteiger partial charge in [-0.3, -0.25) is 4.40 Å². The van der Waals surface area contributed by atoms with Crippen molar-refractivity contribution in [3.8, 4) is 11.5 Å². The first kappa shape index (κ1) is 13.9. The molecule has 7 nitrogen and oxygen atoms in total. The van der Waals surface area contributed by atoms with Crippen molar-refractivity contribution < 1.29 is 19.4 Å². The quantitative estimate of drug-likeness (QED) is 0.739. The van der Waals surface area contributed by atoms with Crippen LogP contribution in [0.3, 0.4) is 0 Å². The fourth-order valence-electron chi connectivity index (χ4n) is 2.00. The van der Waals surface area contributed by atoms with Gasteiger partial charge in [0.05, 0.1) is 12.7 Å². The second kappa shape index (κ2) is 5.72. The maximum atomic E-state index is 11.6. The lowest BCUT2D eigenvalue weighted by Crippen LogP contribution is -2.05. The Morgan fingerprint density at radius 2 is 2.14 bits per heavy atom. The van der Waals surface area contributed by atoms with Crippen molar-refractivity contribution in [3.63, 3.8) is 0 Å². The summed E-state index contributed by atoms with van der Waals surface area (Å²) in [4.78, 5) is 11.6. The molecule has 0 aliphatic heterocycles. The van der Waals surface area contributed by atoms with Crippen molar-refractivity contribution in [2.75, 3.05) is 7.11 Å². The van der Waals surface area contributed by atoms with Crippen molar-refractivity contribution in [2.24, 2.45) is 0 Å². The number of benzene rings is 1. The minimum atomic E-state index is -0.435. The number of fused-ring (bicyclic) bond motifs is 1. The molecule has 1 N–H and O–H groups in total. The van der Waals surface area contributed by atoms with Crippen LogP contribution in [0.25, 0.3) is 5.65 Å². The summed E-state index contributed by atoms with van der Waals surface area (Å²) in [5, 5.41) is 17.4. The van der Waals surface area contributed by atoms with Gasteiger partial charge >= 0.3 is 5.97 Å². The third kappa shape index (κ3) is 2.69. The van der Waals surface area contributed by atoms with Crippen LogP contribution in [0.4, 0.5) is 0 Å². The highest BCUT2D eigenvalue weighted by atomic mass is 16.5. The molecule has 0 aliphatic rings. The summed E-state index contributed by atoms with van der Waals surface area (Å²) in [6, 6.07) is 9.77. The van der Waals surface area contributed by atoms with Gasteiger partial charge in [0.1, 0.15) is 18.1 Å². The molecule has 0 saturated heterocycles. The maximum absolute atomic E-state index is 11.6. The number of nitrogens with zero attached hydrogens (tertiary/aromatic N) is 3. The van der Waals surface area contributed by atoms with E-state index in [0.29, 0.717) is 22.8 Å². The molecule has 2 aromatic heterocycles. The lowest BCUT2D eigenvalue weighted by atomic mass is 10.3. The highest BCUT2D eigenvalue weighted by Gasteiger charge is 2.11. The molecule has 0 amide bonds. The minimum Gasteiger partial charge on any atom is -0.508 e. The van der Waals surface area contributed by atoms with E-state index in [-0.39, 0.29) is 12.4 Å². The molecule has 0 unspecified atom stereocenters. The fraction of sp³-hybridized carbons (Fsp3) is 0.133. The van der Waals surface area contributed by atoms with Crippen molar-refractivity contribution in [1.82, 2.24) is 14.6 Å². The molecule has 1 aromatic carbocycles. The molecule has 0 saturated carbocycles. The molecular formula is C15H13N3O4. The molecule has 0 bridgehead atoms. The number of methoxy groups -OCH3 is 1. The molecule has 7 heteroatoms. The van der Waals surface area contributed by atoms with Crippen molar-refractivity contribution >= 4 is 11.6 Å². The van der Waals surface area contributed by atoms with E-state index in [1.807, 2.05) is 0 Å². The van der Waals surface area contributed by atoms with Gasteiger partial charge in [-0.15, -0.1) is 10.2 Å². The zero-order chi connectivity index (χ0) is 15.5. The molecule has 3 rings (SSSR count). The topological polar surface area (TPSA) is 86.0 Å². The zero-order valence-electron chi connectivity index (χ0n) is 11.8. The van der Waals surface area contributed by atoms with E-state index in [9.17, 15) is 9.90 Å². The number of carbonyl (C=O) groups is 1. The first-order valence-corrected chi connectivity index (χ1v) is 6.51. The Labute approximate surface area is 125 Å². The predicted molar refractivity (Wildman–Crippen MR) is 76.8 cm³/mol. The number of phenols is 1. The number of hydrogen-bond donors (Lipinski definition) is 1. The molecule has 2 heterocycles. The van der Waals surface area contributed by atoms with Crippen LogP contribution in [0, 0.1) is 0 Å². The van der Waals surface area contributed by atoms with Crippen LogP contribution in [-0.4, -0.2) is 32.8 Å². The van der Waals surface area contributed by atoms with Gasteiger partial charge in [0, 0.05) is 12.3 Å². The van der Waals surface area contributed by atoms with Crippen LogP contribution in [0.2, 0.25) is 0 Å². The van der Waals surface area contributed by atoms with Gasteiger partial charge in [-0.2, -0.15) is 0 Å². The van der Waals surface area contributed by atoms with E-state index < -0.39 is 5.97 Å². The monoisotopic (exact) mass is 299 g/mol. The third-order valence-electron chi connectivity index (χ3n) is 3.08. The molecule has 0 radical (unpaired) electrons. The van der Waals surface area contributed by atoms with Crippen molar-refractivity contribution in [3.05, 3.63) is 54.0 Å². The van der Waals surface area contributed by atoms with Crippen LogP contribution in [0.1, 0.15) is 16.2 Å². The van der Waals surface area contributed by atoms with Gasteiger partial charge in [0.2, 0.25) is 0 Å². The fourth-order valence-corrected chi connectivity index (χ4v) is 2.00. The first-order valence-electron chi connectivity index (χ1n) is 6.51. The molecule has 22 heavy (non-hydrogen) atoms. The number of esters is 1. The SMILES string of the molecule is COC(=O)c1ccc2nnc(COc3cccc(O)c3)n2c1. The zero-order valence-corrected chi connectivity index (χ0v) is 11.8. The van der Waals surface area contributed by atoms with Gasteiger partial charge in [0.15, 0.2) is 11.5 Å². The van der Waals surface area contributed by atoms with Crippen molar-refractivity contribution in [1.29, 1.82) is 0 Å². The van der Waals surface area contributed by atoms with E-state index >= 15 is 0 Å². The Morgan fingerprint density at radius 3 is 2.91 bits per heavy atom. The molecular weight excluding hydrogens is 286 g/mol. The Kier molecular flexibility index (Phi) is 3.61. The molecule has 3 aromatic rings. The summed E-state index contributed by atoms with van der Waals surface area (Å²) in [5.41, 5.74) is 0.996. The van der Waals surface area contributed by atoms with Crippen LogP contribution in [0.15, 0.2) is 42.6 Å². The Bertz CT molecular complexity index is 829. The molecule has 0 spiro atoms. The van der Waals surface area contributed by atoms with E-state index in [4.69, 9.17) is 9.47 Å². The number of hydrogen-bond acceptors (Lipinski definition) is 6.